The third-order valence-electron chi connectivity index (χ3n) is 3.06. The number of ether oxygens (including phenoxy) is 5. The van der Waals surface area contributed by atoms with E-state index in [2.05, 4.69) is 4.98 Å². The van der Waals surface area contributed by atoms with Crippen molar-refractivity contribution in [2.45, 2.75) is 40.1 Å². The van der Waals surface area contributed by atoms with Gasteiger partial charge in [-0.05, 0) is 45.0 Å². The molecule has 0 N–H and O–H groups in total. The van der Waals surface area contributed by atoms with Gasteiger partial charge in [0.25, 0.3) is 0 Å². The Hall–Kier alpha value is -2.49. The van der Waals surface area contributed by atoms with E-state index in [1.54, 1.807) is 27.7 Å². The van der Waals surface area contributed by atoms with E-state index >= 15 is 0 Å². The highest BCUT2D eigenvalue weighted by molar-refractivity contribution is 8.12. The molecule has 0 fully saturated rings. The number of carbonyl (C=O) groups excluding carboxylic acids is 3. The molecule has 0 aromatic carbocycles. The van der Waals surface area contributed by atoms with Gasteiger partial charge in [-0.1, -0.05) is 0 Å². The van der Waals surface area contributed by atoms with Gasteiger partial charge in [-0.2, -0.15) is 0 Å². The van der Waals surface area contributed by atoms with Gasteiger partial charge in [0.15, 0.2) is 5.75 Å². The van der Waals surface area contributed by atoms with Crippen LogP contribution in [0.15, 0.2) is 6.20 Å². The van der Waals surface area contributed by atoms with E-state index in [1.807, 2.05) is 0 Å². The van der Waals surface area contributed by atoms with Crippen LogP contribution in [-0.2, 0) is 31.3 Å². The Labute approximate surface area is 161 Å². The molecule has 0 radical (unpaired) electrons. The van der Waals surface area contributed by atoms with Crippen molar-refractivity contribution >= 4 is 29.4 Å². The predicted molar refractivity (Wildman–Crippen MR) is 96.8 cm³/mol. The minimum absolute atomic E-state index is 0.111. The molecule has 0 aliphatic carbocycles. The molecular weight excluding hydrogens is 378 g/mol. The first-order valence-electron chi connectivity index (χ1n) is 8.33. The molecule has 1 aromatic rings. The summed E-state index contributed by atoms with van der Waals surface area (Å²) in [6.07, 6.45) is -0.253. The number of aryl methyl sites for hydroxylation is 1. The van der Waals surface area contributed by atoms with Crippen molar-refractivity contribution < 1.29 is 38.1 Å². The maximum atomic E-state index is 11.7. The largest absolute Gasteiger partial charge is 0.513 e. The summed E-state index contributed by atoms with van der Waals surface area (Å²) in [5.74, 6) is 0.298. The second-order valence-electron chi connectivity index (χ2n) is 4.90. The molecule has 0 saturated carbocycles. The molecule has 9 nitrogen and oxygen atoms in total. The molecule has 0 bridgehead atoms. The topological polar surface area (TPSA) is 110 Å². The number of hydrogen-bond donors (Lipinski definition) is 0. The lowest BCUT2D eigenvalue weighted by atomic mass is 10.1. The van der Waals surface area contributed by atoms with Gasteiger partial charge in [0.1, 0.15) is 6.61 Å². The second-order valence-corrected chi connectivity index (χ2v) is 5.82. The van der Waals surface area contributed by atoms with Crippen LogP contribution < -0.4 is 4.74 Å². The van der Waals surface area contributed by atoms with Gasteiger partial charge in [0, 0.05) is 17.5 Å². The average molecular weight is 401 g/mol. The monoisotopic (exact) mass is 401 g/mol. The third kappa shape index (κ3) is 7.73. The van der Waals surface area contributed by atoms with Crippen molar-refractivity contribution in [3.05, 3.63) is 23.0 Å². The van der Waals surface area contributed by atoms with E-state index in [4.69, 9.17) is 23.7 Å². The zero-order chi connectivity index (χ0) is 20.2. The lowest BCUT2D eigenvalue weighted by molar-refractivity contribution is 0.0527. The number of carbonyl (C=O) groups is 3. The molecule has 1 rings (SSSR count). The fraction of sp³-hybridized carbons (Fsp3) is 0.529. The molecular formula is C17H23NO8S. The van der Waals surface area contributed by atoms with Crippen LogP contribution in [0.2, 0.25) is 0 Å². The lowest BCUT2D eigenvalue weighted by Gasteiger charge is -2.16. The van der Waals surface area contributed by atoms with Crippen LogP contribution in [0.1, 0.15) is 37.6 Å². The fourth-order valence-corrected chi connectivity index (χ4v) is 2.63. The van der Waals surface area contributed by atoms with Crippen molar-refractivity contribution in [2.24, 2.45) is 0 Å². The first-order chi connectivity index (χ1) is 12.9. The van der Waals surface area contributed by atoms with Crippen molar-refractivity contribution in [3.8, 4) is 5.75 Å². The van der Waals surface area contributed by atoms with Gasteiger partial charge >= 0.3 is 17.6 Å². The quantitative estimate of drug-likeness (QED) is 0.468. The predicted octanol–water partition coefficient (Wildman–Crippen LogP) is 3.99. The van der Waals surface area contributed by atoms with E-state index in [0.717, 1.165) is 11.8 Å². The molecule has 150 valence electrons. The van der Waals surface area contributed by atoms with Crippen molar-refractivity contribution in [2.75, 3.05) is 19.8 Å². The normalized spacial score (nSPS) is 10.1. The number of rotatable bonds is 8. The van der Waals surface area contributed by atoms with E-state index in [9.17, 15) is 14.4 Å². The molecule has 0 saturated heterocycles. The highest BCUT2D eigenvalue weighted by Gasteiger charge is 2.20. The fourth-order valence-electron chi connectivity index (χ4n) is 1.91. The third-order valence-corrected chi connectivity index (χ3v) is 3.87. The summed E-state index contributed by atoms with van der Waals surface area (Å²) in [6, 6.07) is 0. The molecule has 1 heterocycles. The van der Waals surface area contributed by atoms with Crippen molar-refractivity contribution in [1.29, 1.82) is 0 Å². The van der Waals surface area contributed by atoms with Gasteiger partial charge in [-0.3, -0.25) is 4.98 Å². The SMILES string of the molecule is CCOC(=O)OCc1c(CSC(=O)OCC)cnc(C)c1OC(=O)OCC. The van der Waals surface area contributed by atoms with E-state index in [-0.39, 0.29) is 37.9 Å². The van der Waals surface area contributed by atoms with Crippen LogP contribution in [0, 0.1) is 6.92 Å². The van der Waals surface area contributed by atoms with Crippen LogP contribution in [0.3, 0.4) is 0 Å². The van der Waals surface area contributed by atoms with E-state index in [1.165, 1.54) is 6.20 Å². The Balaban J connectivity index is 3.09. The van der Waals surface area contributed by atoms with Crippen LogP contribution in [0.5, 0.6) is 5.75 Å². The summed E-state index contributed by atoms with van der Waals surface area (Å²) in [5.41, 5.74) is 1.33. The number of pyridine rings is 1. The number of nitrogens with zero attached hydrogens (tertiary/aromatic N) is 1. The number of hydrogen-bond acceptors (Lipinski definition) is 10. The highest BCUT2D eigenvalue weighted by Crippen LogP contribution is 2.29. The van der Waals surface area contributed by atoms with Crippen molar-refractivity contribution in [3.63, 3.8) is 0 Å². The Kier molecular flexibility index (Phi) is 10.0. The first kappa shape index (κ1) is 22.6. The lowest BCUT2D eigenvalue weighted by Crippen LogP contribution is -2.15. The maximum absolute atomic E-state index is 11.7. The number of thioether (sulfide) groups is 1. The zero-order valence-electron chi connectivity index (χ0n) is 15.7. The minimum atomic E-state index is -0.907. The van der Waals surface area contributed by atoms with Gasteiger partial charge in [-0.15, -0.1) is 0 Å². The van der Waals surface area contributed by atoms with Gasteiger partial charge in [0.05, 0.1) is 25.5 Å². The number of aromatic nitrogens is 1. The Morgan fingerprint density at radius 2 is 1.59 bits per heavy atom. The molecule has 0 unspecified atom stereocenters. The molecule has 0 amide bonds. The Morgan fingerprint density at radius 3 is 2.22 bits per heavy atom. The first-order valence-corrected chi connectivity index (χ1v) is 9.32. The van der Waals surface area contributed by atoms with Crippen LogP contribution >= 0.6 is 11.8 Å². The smallest absolute Gasteiger partial charge is 0.458 e. The molecule has 0 atom stereocenters. The minimum Gasteiger partial charge on any atom is -0.458 e. The zero-order valence-corrected chi connectivity index (χ0v) is 16.6. The summed E-state index contributed by atoms with van der Waals surface area (Å²) < 4.78 is 24.7. The summed E-state index contributed by atoms with van der Waals surface area (Å²) in [6.45, 7) is 6.95. The van der Waals surface area contributed by atoms with Gasteiger partial charge < -0.3 is 23.7 Å². The molecule has 27 heavy (non-hydrogen) atoms. The summed E-state index contributed by atoms with van der Waals surface area (Å²) in [7, 11) is 0. The standard InChI is InChI=1S/C17H23NO8S/c1-5-22-15(19)25-9-13-12(10-27-17(21)24-7-3)8-18-11(4)14(13)26-16(20)23-6-2/h8H,5-7,9-10H2,1-4H3. The van der Waals surface area contributed by atoms with Crippen LogP contribution in [0.4, 0.5) is 14.4 Å². The summed E-state index contributed by atoms with van der Waals surface area (Å²) in [5, 5.41) is -0.455. The molecule has 10 heteroatoms. The summed E-state index contributed by atoms with van der Waals surface area (Å²) >= 11 is 0.912. The van der Waals surface area contributed by atoms with E-state index in [0.29, 0.717) is 16.8 Å². The molecule has 0 spiro atoms. The maximum Gasteiger partial charge on any atom is 0.513 e. The Bertz CT molecular complexity index is 665. The second kappa shape index (κ2) is 12.0. The van der Waals surface area contributed by atoms with E-state index < -0.39 is 17.6 Å². The molecule has 0 aliphatic heterocycles. The average Bonchev–Trinajstić information content (AvgIpc) is 2.62. The van der Waals surface area contributed by atoms with Crippen molar-refractivity contribution in [1.82, 2.24) is 4.98 Å². The highest BCUT2D eigenvalue weighted by atomic mass is 32.2. The van der Waals surface area contributed by atoms with Crippen LogP contribution in [-0.4, -0.2) is 42.4 Å². The van der Waals surface area contributed by atoms with Crippen LogP contribution in [0.25, 0.3) is 0 Å². The molecule has 1 aromatic heterocycles. The summed E-state index contributed by atoms with van der Waals surface area (Å²) in [4.78, 5) is 39.0. The Morgan fingerprint density at radius 1 is 0.963 bits per heavy atom. The molecule has 0 aliphatic rings. The van der Waals surface area contributed by atoms with Gasteiger partial charge in [-0.25, -0.2) is 14.4 Å². The van der Waals surface area contributed by atoms with Gasteiger partial charge in [0.2, 0.25) is 0 Å².